The summed E-state index contributed by atoms with van der Waals surface area (Å²) in [6.45, 7) is -0.0854. The first-order valence-corrected chi connectivity index (χ1v) is 4.83. The minimum absolute atomic E-state index is 0.0854. The number of benzene rings is 1. The Kier molecular flexibility index (Phi) is 3.00. The van der Waals surface area contributed by atoms with Gasteiger partial charge in [0.25, 0.3) is 0 Å². The SMILES string of the molecule is COC(=O)COc1cccc2cnccc12. The maximum atomic E-state index is 11.0. The molecule has 0 unspecified atom stereocenters. The van der Waals surface area contributed by atoms with Crippen molar-refractivity contribution >= 4 is 16.7 Å². The molecule has 0 radical (unpaired) electrons. The molecule has 1 aromatic carbocycles. The quantitative estimate of drug-likeness (QED) is 0.735. The number of hydrogen-bond acceptors (Lipinski definition) is 4. The van der Waals surface area contributed by atoms with Crippen molar-refractivity contribution in [1.82, 2.24) is 4.98 Å². The number of rotatable bonds is 3. The van der Waals surface area contributed by atoms with Gasteiger partial charge in [0.05, 0.1) is 7.11 Å². The van der Waals surface area contributed by atoms with Crippen LogP contribution in [0, 0.1) is 0 Å². The van der Waals surface area contributed by atoms with Crippen molar-refractivity contribution < 1.29 is 14.3 Å². The number of pyridine rings is 1. The van der Waals surface area contributed by atoms with Gasteiger partial charge in [-0.05, 0) is 12.1 Å². The molecule has 0 aliphatic rings. The summed E-state index contributed by atoms with van der Waals surface area (Å²) in [5, 5.41) is 1.91. The zero-order valence-corrected chi connectivity index (χ0v) is 8.84. The monoisotopic (exact) mass is 217 g/mol. The Bertz CT molecular complexity index is 505. The maximum absolute atomic E-state index is 11.0. The summed E-state index contributed by atoms with van der Waals surface area (Å²) in [7, 11) is 1.33. The van der Waals surface area contributed by atoms with E-state index in [2.05, 4.69) is 9.72 Å². The summed E-state index contributed by atoms with van der Waals surface area (Å²) in [4.78, 5) is 15.0. The number of methoxy groups -OCH3 is 1. The Morgan fingerprint density at radius 2 is 2.25 bits per heavy atom. The summed E-state index contributed by atoms with van der Waals surface area (Å²) < 4.78 is 9.88. The van der Waals surface area contributed by atoms with Crippen molar-refractivity contribution in [3.8, 4) is 5.75 Å². The number of carbonyl (C=O) groups is 1. The van der Waals surface area contributed by atoms with E-state index >= 15 is 0 Å². The van der Waals surface area contributed by atoms with E-state index in [0.717, 1.165) is 10.8 Å². The van der Waals surface area contributed by atoms with Crippen LogP contribution in [0.5, 0.6) is 5.75 Å². The molecular weight excluding hydrogens is 206 g/mol. The van der Waals surface area contributed by atoms with Crippen molar-refractivity contribution in [2.45, 2.75) is 0 Å². The van der Waals surface area contributed by atoms with E-state index in [9.17, 15) is 4.79 Å². The number of fused-ring (bicyclic) bond motifs is 1. The molecule has 2 rings (SSSR count). The standard InChI is InChI=1S/C12H11NO3/c1-15-12(14)8-16-11-4-2-3-9-7-13-6-5-10(9)11/h2-7H,8H2,1H3. The summed E-state index contributed by atoms with van der Waals surface area (Å²) in [6, 6.07) is 7.46. The van der Waals surface area contributed by atoms with Crippen molar-refractivity contribution in [2.75, 3.05) is 13.7 Å². The maximum Gasteiger partial charge on any atom is 0.343 e. The number of hydrogen-bond donors (Lipinski definition) is 0. The summed E-state index contributed by atoms with van der Waals surface area (Å²) in [5.41, 5.74) is 0. The molecule has 0 amide bonds. The Morgan fingerprint density at radius 3 is 3.06 bits per heavy atom. The molecular formula is C12H11NO3. The third kappa shape index (κ3) is 2.11. The molecule has 0 N–H and O–H groups in total. The van der Waals surface area contributed by atoms with E-state index in [1.54, 1.807) is 12.4 Å². The highest BCUT2D eigenvalue weighted by Crippen LogP contribution is 2.24. The molecule has 0 spiro atoms. The molecule has 0 aliphatic heterocycles. The first kappa shape index (κ1) is 10.4. The van der Waals surface area contributed by atoms with Crippen LogP contribution in [0.25, 0.3) is 10.8 Å². The second kappa shape index (κ2) is 4.61. The van der Waals surface area contributed by atoms with Crippen LogP contribution in [0.15, 0.2) is 36.7 Å². The van der Waals surface area contributed by atoms with E-state index < -0.39 is 5.97 Å². The summed E-state index contributed by atoms with van der Waals surface area (Å²) >= 11 is 0. The molecule has 0 aliphatic carbocycles. The smallest absolute Gasteiger partial charge is 0.343 e. The molecule has 0 bridgehead atoms. The van der Waals surface area contributed by atoms with E-state index in [-0.39, 0.29) is 6.61 Å². The van der Waals surface area contributed by atoms with Gasteiger partial charge >= 0.3 is 5.97 Å². The molecule has 2 aromatic rings. The van der Waals surface area contributed by atoms with Crippen LogP contribution in [0.1, 0.15) is 0 Å². The van der Waals surface area contributed by atoms with Gasteiger partial charge in [-0.2, -0.15) is 0 Å². The Balaban J connectivity index is 2.27. The normalized spacial score (nSPS) is 10.1. The van der Waals surface area contributed by atoms with E-state index in [4.69, 9.17) is 4.74 Å². The molecule has 82 valence electrons. The molecule has 4 heteroatoms. The van der Waals surface area contributed by atoms with Gasteiger partial charge in [0.2, 0.25) is 0 Å². The minimum atomic E-state index is -0.397. The summed E-state index contributed by atoms with van der Waals surface area (Å²) in [6.07, 6.45) is 3.44. The van der Waals surface area contributed by atoms with Crippen LogP contribution >= 0.6 is 0 Å². The minimum Gasteiger partial charge on any atom is -0.481 e. The molecule has 0 saturated carbocycles. The van der Waals surface area contributed by atoms with Gasteiger partial charge in [0, 0.05) is 23.2 Å². The van der Waals surface area contributed by atoms with Gasteiger partial charge in [-0.1, -0.05) is 12.1 Å². The van der Waals surface area contributed by atoms with Crippen LogP contribution in [0.2, 0.25) is 0 Å². The van der Waals surface area contributed by atoms with Crippen molar-refractivity contribution in [3.63, 3.8) is 0 Å². The number of esters is 1. The van der Waals surface area contributed by atoms with Gasteiger partial charge in [-0.15, -0.1) is 0 Å². The third-order valence-corrected chi connectivity index (χ3v) is 2.21. The zero-order chi connectivity index (χ0) is 11.4. The second-order valence-corrected chi connectivity index (χ2v) is 3.22. The van der Waals surface area contributed by atoms with Crippen LogP contribution in [-0.4, -0.2) is 24.7 Å². The third-order valence-electron chi connectivity index (χ3n) is 2.21. The lowest BCUT2D eigenvalue weighted by Gasteiger charge is -2.07. The van der Waals surface area contributed by atoms with Gasteiger partial charge in [0.1, 0.15) is 5.75 Å². The van der Waals surface area contributed by atoms with Gasteiger partial charge in [0.15, 0.2) is 6.61 Å². The molecule has 1 heterocycles. The Morgan fingerprint density at radius 1 is 1.38 bits per heavy atom. The van der Waals surface area contributed by atoms with Crippen molar-refractivity contribution in [3.05, 3.63) is 36.7 Å². The second-order valence-electron chi connectivity index (χ2n) is 3.22. The fourth-order valence-electron chi connectivity index (χ4n) is 1.41. The first-order chi connectivity index (χ1) is 7.81. The van der Waals surface area contributed by atoms with Crippen LogP contribution in [0.4, 0.5) is 0 Å². The highest BCUT2D eigenvalue weighted by Gasteiger charge is 2.04. The fraction of sp³-hybridized carbons (Fsp3) is 0.167. The van der Waals surface area contributed by atoms with Gasteiger partial charge in [-0.3, -0.25) is 4.98 Å². The molecule has 0 fully saturated rings. The zero-order valence-electron chi connectivity index (χ0n) is 8.84. The molecule has 4 nitrogen and oxygen atoms in total. The van der Waals surface area contributed by atoms with E-state index in [0.29, 0.717) is 5.75 Å². The lowest BCUT2D eigenvalue weighted by Crippen LogP contribution is -2.12. The lowest BCUT2D eigenvalue weighted by atomic mass is 10.1. The fourth-order valence-corrected chi connectivity index (χ4v) is 1.41. The highest BCUT2D eigenvalue weighted by atomic mass is 16.6. The number of aromatic nitrogens is 1. The van der Waals surface area contributed by atoms with Crippen LogP contribution in [-0.2, 0) is 9.53 Å². The first-order valence-electron chi connectivity index (χ1n) is 4.83. The Hall–Kier alpha value is -2.10. The predicted molar refractivity (Wildman–Crippen MR) is 59.3 cm³/mol. The van der Waals surface area contributed by atoms with Crippen molar-refractivity contribution in [2.24, 2.45) is 0 Å². The van der Waals surface area contributed by atoms with Crippen LogP contribution < -0.4 is 4.74 Å². The van der Waals surface area contributed by atoms with E-state index in [1.807, 2.05) is 24.3 Å². The average molecular weight is 217 g/mol. The number of carbonyl (C=O) groups excluding carboxylic acids is 1. The number of nitrogens with zero attached hydrogens (tertiary/aromatic N) is 1. The summed E-state index contributed by atoms with van der Waals surface area (Å²) in [5.74, 6) is 0.261. The Labute approximate surface area is 92.8 Å². The van der Waals surface area contributed by atoms with Gasteiger partial charge < -0.3 is 9.47 Å². The molecule has 0 atom stereocenters. The average Bonchev–Trinajstić information content (AvgIpc) is 2.35. The topological polar surface area (TPSA) is 48.4 Å². The number of ether oxygens (including phenoxy) is 2. The lowest BCUT2D eigenvalue weighted by molar-refractivity contribution is -0.142. The molecule has 0 saturated heterocycles. The molecule has 1 aromatic heterocycles. The molecule has 16 heavy (non-hydrogen) atoms. The van der Waals surface area contributed by atoms with Crippen LogP contribution in [0.3, 0.4) is 0 Å². The van der Waals surface area contributed by atoms with Gasteiger partial charge in [-0.25, -0.2) is 4.79 Å². The van der Waals surface area contributed by atoms with E-state index in [1.165, 1.54) is 7.11 Å². The highest BCUT2D eigenvalue weighted by molar-refractivity contribution is 5.87. The van der Waals surface area contributed by atoms with Crippen molar-refractivity contribution in [1.29, 1.82) is 0 Å². The largest absolute Gasteiger partial charge is 0.481 e. The predicted octanol–water partition coefficient (Wildman–Crippen LogP) is 1.79.